The number of hydrogen-bond donors (Lipinski definition) is 1. The molecule has 120 valence electrons. The molecule has 0 aliphatic carbocycles. The van der Waals surface area contributed by atoms with Crippen LogP contribution in [0.25, 0.3) is 0 Å². The molecule has 0 radical (unpaired) electrons. The Bertz CT molecular complexity index is 692. The Kier molecular flexibility index (Phi) is 5.63. The van der Waals surface area contributed by atoms with E-state index >= 15 is 0 Å². The molecule has 0 saturated heterocycles. The molecule has 0 spiro atoms. The summed E-state index contributed by atoms with van der Waals surface area (Å²) >= 11 is 0. The molecule has 0 heterocycles. The summed E-state index contributed by atoms with van der Waals surface area (Å²) in [5.41, 5.74) is 0.559. The largest absolute Gasteiger partial charge is 0.497 e. The van der Waals surface area contributed by atoms with Crippen molar-refractivity contribution in [3.8, 4) is 23.0 Å². The lowest BCUT2D eigenvalue weighted by atomic mass is 10.3. The van der Waals surface area contributed by atoms with Gasteiger partial charge in [0.2, 0.25) is 5.90 Å². The third-order valence-electron chi connectivity index (χ3n) is 3.05. The summed E-state index contributed by atoms with van der Waals surface area (Å²) in [5.74, 6) is 2.62. The highest BCUT2D eigenvalue weighted by Crippen LogP contribution is 2.20. The fourth-order valence-corrected chi connectivity index (χ4v) is 1.73. The quantitative estimate of drug-likeness (QED) is 0.496. The fraction of sp³-hybridized carbons (Fsp3) is 0.167. The van der Waals surface area contributed by atoms with Gasteiger partial charge < -0.3 is 18.9 Å². The molecule has 0 atom stereocenters. The molecule has 0 saturated carbocycles. The van der Waals surface area contributed by atoms with Crippen LogP contribution in [-0.2, 0) is 0 Å². The molecule has 0 amide bonds. The van der Waals surface area contributed by atoms with Gasteiger partial charge in [0.05, 0.1) is 20.5 Å². The zero-order valence-electron chi connectivity index (χ0n) is 13.3. The van der Waals surface area contributed by atoms with Crippen LogP contribution in [0.4, 0.5) is 0 Å². The molecule has 0 aromatic heterocycles. The Hall–Kier alpha value is -2.95. The molecule has 2 aromatic carbocycles. The minimum atomic E-state index is 0.00626. The van der Waals surface area contributed by atoms with E-state index in [0.29, 0.717) is 22.8 Å². The van der Waals surface area contributed by atoms with Crippen molar-refractivity contribution in [1.29, 1.82) is 5.41 Å². The van der Waals surface area contributed by atoms with Crippen LogP contribution < -0.4 is 18.9 Å². The maximum atomic E-state index is 7.96. The first-order valence-electron chi connectivity index (χ1n) is 7.00. The van der Waals surface area contributed by atoms with Crippen LogP contribution in [0, 0.1) is 5.41 Å². The van der Waals surface area contributed by atoms with E-state index in [-0.39, 0.29) is 5.90 Å². The Morgan fingerprint density at radius 3 is 2.13 bits per heavy atom. The molecule has 5 nitrogen and oxygen atoms in total. The highest BCUT2D eigenvalue weighted by Gasteiger charge is 2.05. The van der Waals surface area contributed by atoms with Crippen LogP contribution >= 0.6 is 0 Å². The zero-order chi connectivity index (χ0) is 16.7. The number of methoxy groups -OCH3 is 2. The fourth-order valence-electron chi connectivity index (χ4n) is 1.73. The first-order valence-corrected chi connectivity index (χ1v) is 7.00. The second-order valence-corrected chi connectivity index (χ2v) is 4.70. The summed E-state index contributed by atoms with van der Waals surface area (Å²) in [7, 11) is 3.19. The summed E-state index contributed by atoms with van der Waals surface area (Å²) in [4.78, 5) is 0. The van der Waals surface area contributed by atoms with Gasteiger partial charge in [0.25, 0.3) is 0 Å². The van der Waals surface area contributed by atoms with E-state index in [1.807, 2.05) is 6.07 Å². The van der Waals surface area contributed by atoms with Gasteiger partial charge in [0.1, 0.15) is 23.0 Å². The average molecular weight is 313 g/mol. The minimum Gasteiger partial charge on any atom is -0.497 e. The molecule has 0 unspecified atom stereocenters. The molecule has 0 aliphatic heterocycles. The predicted molar refractivity (Wildman–Crippen MR) is 88.7 cm³/mol. The van der Waals surface area contributed by atoms with Gasteiger partial charge in [-0.1, -0.05) is 6.07 Å². The van der Waals surface area contributed by atoms with Gasteiger partial charge in [0, 0.05) is 11.6 Å². The van der Waals surface area contributed by atoms with Gasteiger partial charge >= 0.3 is 0 Å². The monoisotopic (exact) mass is 313 g/mol. The van der Waals surface area contributed by atoms with Gasteiger partial charge in [-0.15, -0.1) is 0 Å². The summed E-state index contributed by atoms with van der Waals surface area (Å²) in [6.45, 7) is 1.74. The lowest BCUT2D eigenvalue weighted by Crippen LogP contribution is -2.09. The Morgan fingerprint density at radius 1 is 0.870 bits per heavy atom. The third kappa shape index (κ3) is 4.78. The van der Waals surface area contributed by atoms with E-state index in [4.69, 9.17) is 24.4 Å². The van der Waals surface area contributed by atoms with Crippen LogP contribution in [0.15, 0.2) is 60.4 Å². The summed E-state index contributed by atoms with van der Waals surface area (Å²) < 4.78 is 21.2. The summed E-state index contributed by atoms with van der Waals surface area (Å²) in [6, 6.07) is 14.3. The molecule has 0 bridgehead atoms. The van der Waals surface area contributed by atoms with Crippen LogP contribution in [-0.4, -0.2) is 20.1 Å². The molecule has 0 fully saturated rings. The zero-order valence-corrected chi connectivity index (χ0v) is 13.3. The highest BCUT2D eigenvalue weighted by atomic mass is 16.5. The molecule has 0 aliphatic rings. The molecule has 1 N–H and O–H groups in total. The van der Waals surface area contributed by atoms with Gasteiger partial charge in [-0.2, -0.15) is 0 Å². The molecule has 5 heteroatoms. The van der Waals surface area contributed by atoms with Crippen molar-refractivity contribution in [2.75, 3.05) is 14.2 Å². The highest BCUT2D eigenvalue weighted by molar-refractivity contribution is 5.91. The Labute approximate surface area is 135 Å². The Morgan fingerprint density at radius 2 is 1.48 bits per heavy atom. The van der Waals surface area contributed by atoms with Gasteiger partial charge in [0.15, 0.2) is 0 Å². The van der Waals surface area contributed by atoms with E-state index in [2.05, 4.69) is 0 Å². The molecular weight excluding hydrogens is 294 g/mol. The standard InChI is InChI=1S/C18H19NO4/c1-13(12-22-15-9-7-14(20-2)8-10-15)18(19)23-17-6-4-5-16(11-17)21-3/h4-12,19H,1-3H3/b13-12+,19-18?. The van der Waals surface area contributed by atoms with Crippen molar-refractivity contribution in [2.45, 2.75) is 6.92 Å². The maximum absolute atomic E-state index is 7.96. The van der Waals surface area contributed by atoms with Crippen molar-refractivity contribution in [3.63, 3.8) is 0 Å². The van der Waals surface area contributed by atoms with Crippen molar-refractivity contribution in [1.82, 2.24) is 0 Å². The van der Waals surface area contributed by atoms with E-state index in [1.165, 1.54) is 6.26 Å². The summed E-state index contributed by atoms with van der Waals surface area (Å²) in [5, 5.41) is 7.96. The summed E-state index contributed by atoms with van der Waals surface area (Å²) in [6.07, 6.45) is 1.48. The van der Waals surface area contributed by atoms with Gasteiger partial charge in [-0.25, -0.2) is 0 Å². The topological polar surface area (TPSA) is 60.8 Å². The van der Waals surface area contributed by atoms with E-state index in [1.54, 1.807) is 63.6 Å². The third-order valence-corrected chi connectivity index (χ3v) is 3.05. The molecule has 23 heavy (non-hydrogen) atoms. The number of benzene rings is 2. The van der Waals surface area contributed by atoms with Crippen LogP contribution in [0.5, 0.6) is 23.0 Å². The number of nitrogens with one attached hydrogen (secondary N) is 1. The maximum Gasteiger partial charge on any atom is 0.217 e. The number of rotatable bonds is 6. The SMILES string of the molecule is COc1ccc(O/C=C(\C)C(=N)Oc2cccc(OC)c2)cc1. The number of hydrogen-bond acceptors (Lipinski definition) is 5. The van der Waals surface area contributed by atoms with E-state index in [0.717, 1.165) is 5.75 Å². The molecular formula is C18H19NO4. The lowest BCUT2D eigenvalue weighted by molar-refractivity contribution is 0.411. The van der Waals surface area contributed by atoms with E-state index < -0.39 is 0 Å². The first kappa shape index (κ1) is 16.4. The van der Waals surface area contributed by atoms with Crippen LogP contribution in [0.3, 0.4) is 0 Å². The van der Waals surface area contributed by atoms with E-state index in [9.17, 15) is 0 Å². The average Bonchev–Trinajstić information content (AvgIpc) is 2.60. The first-order chi connectivity index (χ1) is 11.1. The van der Waals surface area contributed by atoms with Crippen molar-refractivity contribution in [2.24, 2.45) is 0 Å². The second kappa shape index (κ2) is 7.89. The van der Waals surface area contributed by atoms with Crippen molar-refractivity contribution < 1.29 is 18.9 Å². The lowest BCUT2D eigenvalue weighted by Gasteiger charge is -2.09. The van der Waals surface area contributed by atoms with Crippen LogP contribution in [0.1, 0.15) is 6.92 Å². The van der Waals surface area contributed by atoms with Gasteiger partial charge in [-0.3, -0.25) is 5.41 Å². The van der Waals surface area contributed by atoms with Crippen molar-refractivity contribution in [3.05, 3.63) is 60.4 Å². The molecule has 2 rings (SSSR count). The normalized spacial score (nSPS) is 10.8. The van der Waals surface area contributed by atoms with Gasteiger partial charge in [-0.05, 0) is 43.3 Å². The number of ether oxygens (including phenoxy) is 4. The van der Waals surface area contributed by atoms with Crippen molar-refractivity contribution >= 4 is 5.90 Å². The Balaban J connectivity index is 1.97. The van der Waals surface area contributed by atoms with Crippen LogP contribution in [0.2, 0.25) is 0 Å². The predicted octanol–water partition coefficient (Wildman–Crippen LogP) is 4.04. The molecule has 2 aromatic rings. The minimum absolute atomic E-state index is 0.00626. The smallest absolute Gasteiger partial charge is 0.217 e. The second-order valence-electron chi connectivity index (χ2n) is 4.70.